The molecule has 21 heavy (non-hydrogen) atoms. The van der Waals surface area contributed by atoms with E-state index in [0.29, 0.717) is 18.7 Å². The van der Waals surface area contributed by atoms with Crippen LogP contribution in [-0.4, -0.2) is 19.3 Å². The standard InChI is InChI=1S/C17H18FNO2/c1-12(14-6-2-3-7-15(14)18)19-10-13-11-20-16-8-4-5-9-17(16)21-13/h2-9,12-13,19H,10-11H2,1H3. The van der Waals surface area contributed by atoms with Gasteiger partial charge in [0.15, 0.2) is 11.5 Å². The van der Waals surface area contributed by atoms with Crippen LogP contribution in [0.25, 0.3) is 0 Å². The normalized spacial score (nSPS) is 18.3. The van der Waals surface area contributed by atoms with Crippen LogP contribution in [0, 0.1) is 5.82 Å². The highest BCUT2D eigenvalue weighted by Gasteiger charge is 2.21. The SMILES string of the molecule is CC(NCC1COc2ccccc2O1)c1ccccc1F. The molecule has 1 N–H and O–H groups in total. The summed E-state index contributed by atoms with van der Waals surface area (Å²) in [6.07, 6.45) is -0.0749. The van der Waals surface area contributed by atoms with Crippen molar-refractivity contribution in [2.75, 3.05) is 13.2 Å². The van der Waals surface area contributed by atoms with Crippen molar-refractivity contribution in [3.63, 3.8) is 0 Å². The molecule has 0 amide bonds. The number of ether oxygens (including phenoxy) is 2. The van der Waals surface area contributed by atoms with Crippen molar-refractivity contribution in [1.29, 1.82) is 0 Å². The minimum absolute atomic E-state index is 0.0749. The predicted octanol–water partition coefficient (Wildman–Crippen LogP) is 3.32. The average Bonchev–Trinajstić information content (AvgIpc) is 2.53. The zero-order valence-corrected chi connectivity index (χ0v) is 11.9. The van der Waals surface area contributed by atoms with E-state index in [1.165, 1.54) is 6.07 Å². The van der Waals surface area contributed by atoms with Crippen LogP contribution >= 0.6 is 0 Å². The van der Waals surface area contributed by atoms with Crippen molar-refractivity contribution >= 4 is 0 Å². The minimum Gasteiger partial charge on any atom is -0.486 e. The maximum absolute atomic E-state index is 13.7. The molecule has 1 heterocycles. The van der Waals surface area contributed by atoms with Gasteiger partial charge in [0.1, 0.15) is 18.5 Å². The van der Waals surface area contributed by atoms with Gasteiger partial charge < -0.3 is 14.8 Å². The summed E-state index contributed by atoms with van der Waals surface area (Å²) >= 11 is 0. The van der Waals surface area contributed by atoms with E-state index in [-0.39, 0.29) is 18.0 Å². The number of benzene rings is 2. The van der Waals surface area contributed by atoms with E-state index >= 15 is 0 Å². The van der Waals surface area contributed by atoms with E-state index in [9.17, 15) is 4.39 Å². The van der Waals surface area contributed by atoms with Crippen molar-refractivity contribution in [2.45, 2.75) is 19.1 Å². The average molecular weight is 287 g/mol. The van der Waals surface area contributed by atoms with Gasteiger partial charge in [-0.15, -0.1) is 0 Å². The zero-order valence-electron chi connectivity index (χ0n) is 11.9. The van der Waals surface area contributed by atoms with Crippen molar-refractivity contribution in [3.8, 4) is 11.5 Å². The number of para-hydroxylation sites is 2. The Labute approximate surface area is 123 Å². The molecule has 2 unspecified atom stereocenters. The lowest BCUT2D eigenvalue weighted by molar-refractivity contribution is 0.0885. The van der Waals surface area contributed by atoms with E-state index in [4.69, 9.17) is 9.47 Å². The highest BCUT2D eigenvalue weighted by molar-refractivity contribution is 5.40. The third kappa shape index (κ3) is 3.16. The van der Waals surface area contributed by atoms with Crippen LogP contribution < -0.4 is 14.8 Å². The van der Waals surface area contributed by atoms with Gasteiger partial charge >= 0.3 is 0 Å². The van der Waals surface area contributed by atoms with Crippen molar-refractivity contribution in [2.24, 2.45) is 0 Å². The molecule has 0 radical (unpaired) electrons. The number of halogens is 1. The molecule has 0 aromatic heterocycles. The quantitative estimate of drug-likeness (QED) is 0.935. The number of hydrogen-bond acceptors (Lipinski definition) is 3. The monoisotopic (exact) mass is 287 g/mol. The van der Waals surface area contributed by atoms with Crippen LogP contribution in [0.2, 0.25) is 0 Å². The summed E-state index contributed by atoms with van der Waals surface area (Å²) in [6, 6.07) is 14.3. The molecule has 0 bridgehead atoms. The van der Waals surface area contributed by atoms with Crippen LogP contribution in [0.4, 0.5) is 4.39 Å². The maximum atomic E-state index is 13.7. The fraction of sp³-hybridized carbons (Fsp3) is 0.294. The first-order chi connectivity index (χ1) is 10.2. The Morgan fingerprint density at radius 3 is 2.67 bits per heavy atom. The Morgan fingerprint density at radius 1 is 1.14 bits per heavy atom. The van der Waals surface area contributed by atoms with Crippen LogP contribution in [-0.2, 0) is 0 Å². The second-order valence-corrected chi connectivity index (χ2v) is 5.15. The highest BCUT2D eigenvalue weighted by atomic mass is 19.1. The molecular formula is C17H18FNO2. The van der Waals surface area contributed by atoms with E-state index in [1.807, 2.05) is 37.3 Å². The first-order valence-corrected chi connectivity index (χ1v) is 7.10. The molecule has 110 valence electrons. The van der Waals surface area contributed by atoms with Gasteiger partial charge in [-0.2, -0.15) is 0 Å². The van der Waals surface area contributed by atoms with E-state index in [2.05, 4.69) is 5.32 Å². The third-order valence-electron chi connectivity index (χ3n) is 3.59. The van der Waals surface area contributed by atoms with Gasteiger partial charge in [0.25, 0.3) is 0 Å². The molecule has 3 nitrogen and oxygen atoms in total. The molecule has 1 aliphatic heterocycles. The molecule has 0 aliphatic carbocycles. The highest BCUT2D eigenvalue weighted by Crippen LogP contribution is 2.30. The Kier molecular flexibility index (Phi) is 4.06. The van der Waals surface area contributed by atoms with Gasteiger partial charge in [-0.25, -0.2) is 4.39 Å². The number of rotatable bonds is 4. The molecule has 1 aliphatic rings. The van der Waals surface area contributed by atoms with Gasteiger partial charge in [0.05, 0.1) is 0 Å². The fourth-order valence-corrected chi connectivity index (χ4v) is 2.41. The predicted molar refractivity (Wildman–Crippen MR) is 79.2 cm³/mol. The van der Waals surface area contributed by atoms with Crippen molar-refractivity contribution in [3.05, 3.63) is 59.9 Å². The second-order valence-electron chi connectivity index (χ2n) is 5.15. The Balaban J connectivity index is 1.58. The van der Waals surface area contributed by atoms with Gasteiger partial charge in [-0.1, -0.05) is 30.3 Å². The molecule has 0 saturated heterocycles. The van der Waals surface area contributed by atoms with Crippen LogP contribution in [0.1, 0.15) is 18.5 Å². The minimum atomic E-state index is -0.191. The summed E-state index contributed by atoms with van der Waals surface area (Å²) in [5, 5.41) is 3.30. The topological polar surface area (TPSA) is 30.5 Å². The number of hydrogen-bond donors (Lipinski definition) is 1. The lowest BCUT2D eigenvalue weighted by Gasteiger charge is -2.27. The van der Waals surface area contributed by atoms with E-state index in [1.54, 1.807) is 12.1 Å². The number of fused-ring (bicyclic) bond motifs is 1. The van der Waals surface area contributed by atoms with Gasteiger partial charge in [0.2, 0.25) is 0 Å². The summed E-state index contributed by atoms with van der Waals surface area (Å²) in [5.74, 6) is 1.34. The molecule has 2 aromatic rings. The van der Waals surface area contributed by atoms with E-state index in [0.717, 1.165) is 11.5 Å². The Bertz CT molecular complexity index is 617. The molecule has 3 rings (SSSR count). The summed E-state index contributed by atoms with van der Waals surface area (Å²) in [5.41, 5.74) is 0.662. The van der Waals surface area contributed by atoms with Crippen LogP contribution in [0.15, 0.2) is 48.5 Å². The molecule has 4 heteroatoms. The maximum Gasteiger partial charge on any atom is 0.161 e. The molecular weight excluding hydrogens is 269 g/mol. The Hall–Kier alpha value is -2.07. The van der Waals surface area contributed by atoms with Crippen molar-refractivity contribution < 1.29 is 13.9 Å². The van der Waals surface area contributed by atoms with Crippen LogP contribution in [0.3, 0.4) is 0 Å². The number of nitrogens with one attached hydrogen (secondary N) is 1. The fourth-order valence-electron chi connectivity index (χ4n) is 2.41. The molecule has 0 saturated carbocycles. The summed E-state index contributed by atoms with van der Waals surface area (Å²) in [4.78, 5) is 0. The third-order valence-corrected chi connectivity index (χ3v) is 3.59. The van der Waals surface area contributed by atoms with Gasteiger partial charge in [-0.05, 0) is 25.1 Å². The second kappa shape index (κ2) is 6.14. The summed E-state index contributed by atoms with van der Waals surface area (Å²) < 4.78 is 25.2. The van der Waals surface area contributed by atoms with E-state index < -0.39 is 0 Å². The van der Waals surface area contributed by atoms with Gasteiger partial charge in [0, 0.05) is 18.2 Å². The summed E-state index contributed by atoms with van der Waals surface area (Å²) in [6.45, 7) is 3.04. The van der Waals surface area contributed by atoms with Crippen LogP contribution in [0.5, 0.6) is 11.5 Å². The zero-order chi connectivity index (χ0) is 14.7. The van der Waals surface area contributed by atoms with Gasteiger partial charge in [-0.3, -0.25) is 0 Å². The molecule has 2 atom stereocenters. The molecule has 0 spiro atoms. The first kappa shape index (κ1) is 13.9. The molecule has 2 aromatic carbocycles. The first-order valence-electron chi connectivity index (χ1n) is 7.10. The molecule has 0 fully saturated rings. The summed E-state index contributed by atoms with van der Waals surface area (Å²) in [7, 11) is 0. The lowest BCUT2D eigenvalue weighted by Crippen LogP contribution is -2.39. The largest absolute Gasteiger partial charge is 0.486 e. The lowest BCUT2D eigenvalue weighted by atomic mass is 10.1. The van der Waals surface area contributed by atoms with Crippen molar-refractivity contribution in [1.82, 2.24) is 5.32 Å². The smallest absolute Gasteiger partial charge is 0.161 e. The Morgan fingerprint density at radius 2 is 1.86 bits per heavy atom.